The van der Waals surface area contributed by atoms with Crippen LogP contribution < -0.4 is 11.1 Å². The number of hydrogen-bond acceptors (Lipinski definition) is 6. The molecule has 0 aliphatic rings. The van der Waals surface area contributed by atoms with Crippen LogP contribution in [0.1, 0.15) is 20.8 Å². The molecule has 2 amide bonds. The van der Waals surface area contributed by atoms with E-state index in [0.29, 0.717) is 6.54 Å². The Labute approximate surface area is 148 Å². The molecule has 1 N–H and O–H groups in total. The molecule has 140 valence electrons. The zero-order chi connectivity index (χ0) is 19.4. The number of aromatic nitrogens is 1. The summed E-state index contributed by atoms with van der Waals surface area (Å²) < 4.78 is 6.08. The van der Waals surface area contributed by atoms with E-state index in [2.05, 4.69) is 5.32 Å². The Morgan fingerprint density at radius 1 is 1.38 bits per heavy atom. The number of non-ortho nitro benzene ring substituents is 1. The van der Waals surface area contributed by atoms with E-state index in [1.165, 1.54) is 17.0 Å². The number of nitrogens with zero attached hydrogens (tertiary/aromatic N) is 3. The van der Waals surface area contributed by atoms with Gasteiger partial charge in [0.05, 0.1) is 23.1 Å². The second-order valence-electron chi connectivity index (χ2n) is 5.99. The maximum absolute atomic E-state index is 12.5. The first kappa shape index (κ1) is 19.2. The molecule has 10 nitrogen and oxygen atoms in total. The van der Waals surface area contributed by atoms with E-state index in [1.807, 2.05) is 13.8 Å². The maximum Gasteiger partial charge on any atom is 0.420 e. The monoisotopic (exact) mass is 364 g/mol. The molecule has 2 rings (SSSR count). The number of likely N-dealkylation sites (N-methyl/N-ethyl adjacent to an activating group) is 1. The summed E-state index contributed by atoms with van der Waals surface area (Å²) in [6.45, 7) is 5.19. The molecular formula is C16H20N4O6. The molecule has 0 unspecified atom stereocenters. The number of rotatable bonds is 7. The molecule has 0 aliphatic heterocycles. The predicted molar refractivity (Wildman–Crippen MR) is 92.7 cm³/mol. The van der Waals surface area contributed by atoms with Gasteiger partial charge < -0.3 is 14.6 Å². The standard InChI is InChI=1S/C16H20N4O6/c1-4-18(8-14(21)17-10(2)3)15(22)9-19-12-6-5-11(20(24)25)7-13(12)26-16(19)23/h5-7,10H,4,8-9H2,1-3H3,(H,17,21). The lowest BCUT2D eigenvalue weighted by Crippen LogP contribution is -2.44. The molecule has 10 heteroatoms. The number of nitro groups is 1. The molecule has 1 heterocycles. The van der Waals surface area contributed by atoms with Crippen molar-refractivity contribution in [2.75, 3.05) is 13.1 Å². The third-order valence-electron chi connectivity index (χ3n) is 3.67. The molecule has 2 aromatic rings. The summed E-state index contributed by atoms with van der Waals surface area (Å²) in [6.07, 6.45) is 0. The second-order valence-corrected chi connectivity index (χ2v) is 5.99. The zero-order valence-corrected chi connectivity index (χ0v) is 14.7. The Kier molecular flexibility index (Phi) is 5.75. The van der Waals surface area contributed by atoms with Crippen molar-refractivity contribution in [3.63, 3.8) is 0 Å². The summed E-state index contributed by atoms with van der Waals surface area (Å²) in [7, 11) is 0. The van der Waals surface area contributed by atoms with Gasteiger partial charge in [-0.15, -0.1) is 0 Å². The van der Waals surface area contributed by atoms with Gasteiger partial charge in [-0.1, -0.05) is 0 Å². The van der Waals surface area contributed by atoms with E-state index in [1.54, 1.807) is 6.92 Å². The first-order valence-electron chi connectivity index (χ1n) is 8.07. The van der Waals surface area contributed by atoms with E-state index < -0.39 is 16.6 Å². The minimum absolute atomic E-state index is 0.0256. The average Bonchev–Trinajstić information content (AvgIpc) is 2.86. The van der Waals surface area contributed by atoms with E-state index in [4.69, 9.17) is 4.42 Å². The number of nitro benzene ring substituents is 1. The van der Waals surface area contributed by atoms with Gasteiger partial charge >= 0.3 is 5.76 Å². The smallest absolute Gasteiger partial charge is 0.407 e. The Hall–Kier alpha value is -3.17. The van der Waals surface area contributed by atoms with Crippen LogP contribution in [-0.2, 0) is 16.1 Å². The summed E-state index contributed by atoms with van der Waals surface area (Å²) in [5.74, 6) is -1.53. The van der Waals surface area contributed by atoms with Crippen LogP contribution in [-0.4, -0.2) is 45.3 Å². The summed E-state index contributed by atoms with van der Waals surface area (Å²) in [4.78, 5) is 47.8. The Bertz CT molecular complexity index is 898. The Morgan fingerprint density at radius 3 is 2.65 bits per heavy atom. The topological polar surface area (TPSA) is 128 Å². The van der Waals surface area contributed by atoms with E-state index in [-0.39, 0.29) is 41.8 Å². The molecule has 26 heavy (non-hydrogen) atoms. The van der Waals surface area contributed by atoms with Crippen molar-refractivity contribution in [2.24, 2.45) is 0 Å². The number of nitrogens with one attached hydrogen (secondary N) is 1. The predicted octanol–water partition coefficient (Wildman–Crippen LogP) is 0.876. The fraction of sp³-hybridized carbons (Fsp3) is 0.438. The van der Waals surface area contributed by atoms with Crippen molar-refractivity contribution in [2.45, 2.75) is 33.4 Å². The van der Waals surface area contributed by atoms with Crippen LogP contribution >= 0.6 is 0 Å². The lowest BCUT2D eigenvalue weighted by Gasteiger charge is -2.21. The van der Waals surface area contributed by atoms with Gasteiger partial charge in [0, 0.05) is 18.7 Å². The van der Waals surface area contributed by atoms with Crippen molar-refractivity contribution in [3.05, 3.63) is 38.9 Å². The van der Waals surface area contributed by atoms with Crippen molar-refractivity contribution >= 4 is 28.6 Å². The minimum Gasteiger partial charge on any atom is -0.407 e. The van der Waals surface area contributed by atoms with Gasteiger partial charge in [0.1, 0.15) is 6.54 Å². The van der Waals surface area contributed by atoms with Gasteiger partial charge in [-0.05, 0) is 26.8 Å². The number of carbonyl (C=O) groups is 2. The Morgan fingerprint density at radius 2 is 2.08 bits per heavy atom. The van der Waals surface area contributed by atoms with Crippen molar-refractivity contribution in [1.29, 1.82) is 0 Å². The molecular weight excluding hydrogens is 344 g/mol. The minimum atomic E-state index is -0.795. The number of hydrogen-bond donors (Lipinski definition) is 1. The third kappa shape index (κ3) is 4.26. The first-order valence-corrected chi connectivity index (χ1v) is 8.07. The summed E-state index contributed by atoms with van der Waals surface area (Å²) in [5.41, 5.74) is 0.0829. The van der Waals surface area contributed by atoms with Crippen molar-refractivity contribution in [1.82, 2.24) is 14.8 Å². The highest BCUT2D eigenvalue weighted by Gasteiger charge is 2.20. The largest absolute Gasteiger partial charge is 0.420 e. The van der Waals surface area contributed by atoms with Crippen LogP contribution in [0.2, 0.25) is 0 Å². The van der Waals surface area contributed by atoms with Crippen LogP contribution in [0.3, 0.4) is 0 Å². The lowest BCUT2D eigenvalue weighted by atomic mass is 10.3. The van der Waals surface area contributed by atoms with Crippen LogP contribution in [0.15, 0.2) is 27.4 Å². The number of carbonyl (C=O) groups excluding carboxylic acids is 2. The van der Waals surface area contributed by atoms with Gasteiger partial charge in [-0.3, -0.25) is 24.3 Å². The number of fused-ring (bicyclic) bond motifs is 1. The highest BCUT2D eigenvalue weighted by molar-refractivity contribution is 5.86. The van der Waals surface area contributed by atoms with Crippen LogP contribution in [0.25, 0.3) is 11.1 Å². The molecule has 1 aromatic heterocycles. The van der Waals surface area contributed by atoms with Crippen LogP contribution in [0, 0.1) is 10.1 Å². The number of oxazole rings is 1. The van der Waals surface area contributed by atoms with Crippen molar-refractivity contribution in [3.8, 4) is 0 Å². The van der Waals surface area contributed by atoms with E-state index in [0.717, 1.165) is 10.6 Å². The van der Waals surface area contributed by atoms with Gasteiger partial charge in [-0.2, -0.15) is 0 Å². The first-order chi connectivity index (χ1) is 12.2. The maximum atomic E-state index is 12.5. The zero-order valence-electron chi connectivity index (χ0n) is 14.7. The highest BCUT2D eigenvalue weighted by Crippen LogP contribution is 2.20. The molecule has 0 aliphatic carbocycles. The Balaban J connectivity index is 2.22. The molecule has 0 atom stereocenters. The quantitative estimate of drug-likeness (QED) is 0.574. The van der Waals surface area contributed by atoms with Gasteiger partial charge in [0.15, 0.2) is 5.58 Å². The van der Waals surface area contributed by atoms with Crippen LogP contribution in [0.4, 0.5) is 5.69 Å². The third-order valence-corrected chi connectivity index (χ3v) is 3.67. The average molecular weight is 364 g/mol. The molecule has 0 saturated carbocycles. The van der Waals surface area contributed by atoms with E-state index in [9.17, 15) is 24.5 Å². The summed E-state index contributed by atoms with van der Waals surface area (Å²) in [5, 5.41) is 13.5. The molecule has 0 saturated heterocycles. The second kappa shape index (κ2) is 7.81. The number of amides is 2. The summed E-state index contributed by atoms with van der Waals surface area (Å²) in [6, 6.07) is 3.66. The van der Waals surface area contributed by atoms with Crippen LogP contribution in [0.5, 0.6) is 0 Å². The molecule has 0 fully saturated rings. The lowest BCUT2D eigenvalue weighted by molar-refractivity contribution is -0.384. The van der Waals surface area contributed by atoms with Crippen molar-refractivity contribution < 1.29 is 18.9 Å². The fourth-order valence-corrected chi connectivity index (χ4v) is 2.47. The SMILES string of the molecule is CCN(CC(=O)NC(C)C)C(=O)Cn1c(=O)oc2cc([N+](=O)[O-])ccc21. The molecule has 0 spiro atoms. The number of benzene rings is 1. The molecule has 0 radical (unpaired) electrons. The van der Waals surface area contributed by atoms with Gasteiger partial charge in [0.25, 0.3) is 5.69 Å². The van der Waals surface area contributed by atoms with Gasteiger partial charge in [0.2, 0.25) is 11.8 Å². The molecule has 0 bridgehead atoms. The fourth-order valence-electron chi connectivity index (χ4n) is 2.47. The molecule has 1 aromatic carbocycles. The summed E-state index contributed by atoms with van der Waals surface area (Å²) >= 11 is 0. The normalized spacial score (nSPS) is 10.9. The van der Waals surface area contributed by atoms with Gasteiger partial charge in [-0.25, -0.2) is 4.79 Å². The van der Waals surface area contributed by atoms with E-state index >= 15 is 0 Å². The highest BCUT2D eigenvalue weighted by atomic mass is 16.6.